The lowest BCUT2D eigenvalue weighted by molar-refractivity contribution is -0.141. The molecule has 0 aromatic heterocycles. The van der Waals surface area contributed by atoms with Crippen molar-refractivity contribution in [2.45, 2.75) is 12.6 Å². The van der Waals surface area contributed by atoms with Gasteiger partial charge in [0.05, 0.1) is 22.7 Å². The fourth-order valence-corrected chi connectivity index (χ4v) is 1.23. The first-order valence-electron chi connectivity index (χ1n) is 4.59. The maximum atomic E-state index is 11.8. The fraction of sp³-hybridized carbons (Fsp3) is 0.300. The van der Waals surface area contributed by atoms with E-state index in [0.29, 0.717) is 0 Å². The molecule has 0 aliphatic carbocycles. The molecule has 2 N–H and O–H groups in total. The van der Waals surface area contributed by atoms with Crippen LogP contribution in [-0.4, -0.2) is 18.8 Å². The monoisotopic (exact) mass is 267 g/mol. The number of hydrogen-bond donors (Lipinski definition) is 1. The summed E-state index contributed by atoms with van der Waals surface area (Å²) in [6.07, 6.45) is -5.56. The number of nitrogen functional groups attached to an aromatic ring is 1. The Kier molecular flexibility index (Phi) is 4.22. The van der Waals surface area contributed by atoms with Gasteiger partial charge in [-0.3, -0.25) is 0 Å². The lowest BCUT2D eigenvalue weighted by Gasteiger charge is -2.09. The largest absolute Gasteiger partial charge is 0.462 e. The second kappa shape index (κ2) is 5.27. The molecule has 0 aliphatic rings. The Labute approximate surface area is 100 Å². The number of benzene rings is 1. The van der Waals surface area contributed by atoms with Gasteiger partial charge < -0.3 is 10.5 Å². The van der Waals surface area contributed by atoms with E-state index in [9.17, 15) is 18.0 Å². The van der Waals surface area contributed by atoms with Gasteiger partial charge in [0.15, 0.2) is 0 Å². The molecule has 3 nitrogen and oxygen atoms in total. The topological polar surface area (TPSA) is 52.3 Å². The highest BCUT2D eigenvalue weighted by Gasteiger charge is 2.27. The van der Waals surface area contributed by atoms with Gasteiger partial charge in [-0.15, -0.1) is 0 Å². The van der Waals surface area contributed by atoms with Crippen LogP contribution in [0.1, 0.15) is 16.8 Å². The second-order valence-corrected chi connectivity index (χ2v) is 3.61. The minimum absolute atomic E-state index is 0.00817. The van der Waals surface area contributed by atoms with Gasteiger partial charge >= 0.3 is 12.1 Å². The molecule has 17 heavy (non-hydrogen) atoms. The van der Waals surface area contributed by atoms with Crippen LogP contribution >= 0.6 is 11.6 Å². The second-order valence-electron chi connectivity index (χ2n) is 3.20. The number of hydrogen-bond acceptors (Lipinski definition) is 3. The highest BCUT2D eigenvalue weighted by atomic mass is 35.5. The van der Waals surface area contributed by atoms with Crippen LogP contribution in [-0.2, 0) is 4.74 Å². The summed E-state index contributed by atoms with van der Waals surface area (Å²) in [6, 6.07) is 4.25. The number of halogens is 4. The predicted molar refractivity (Wildman–Crippen MR) is 56.8 cm³/mol. The van der Waals surface area contributed by atoms with Crippen molar-refractivity contribution in [2.75, 3.05) is 12.3 Å². The third-order valence-electron chi connectivity index (χ3n) is 1.89. The van der Waals surface area contributed by atoms with Gasteiger partial charge in [-0.1, -0.05) is 17.7 Å². The summed E-state index contributed by atoms with van der Waals surface area (Å²) in [6.45, 7) is -0.742. The van der Waals surface area contributed by atoms with E-state index in [4.69, 9.17) is 17.3 Å². The lowest BCUT2D eigenvalue weighted by Crippen LogP contribution is -2.15. The Morgan fingerprint density at radius 3 is 2.65 bits per heavy atom. The quantitative estimate of drug-likeness (QED) is 0.676. The molecule has 0 fully saturated rings. The third-order valence-corrected chi connectivity index (χ3v) is 2.22. The summed E-state index contributed by atoms with van der Waals surface area (Å²) in [5.41, 5.74) is 5.44. The molecule has 0 amide bonds. The molecule has 0 spiro atoms. The molecule has 1 rings (SSSR count). The summed E-state index contributed by atoms with van der Waals surface area (Å²) in [5, 5.41) is 0.148. The zero-order valence-corrected chi connectivity index (χ0v) is 9.31. The molecule has 0 bridgehead atoms. The molecular weight excluding hydrogens is 259 g/mol. The van der Waals surface area contributed by atoms with Crippen molar-refractivity contribution in [3.8, 4) is 0 Å². The number of para-hydroxylation sites is 1. The van der Waals surface area contributed by atoms with Gasteiger partial charge in [-0.25, -0.2) is 4.79 Å². The number of alkyl halides is 3. The van der Waals surface area contributed by atoms with E-state index in [0.717, 1.165) is 0 Å². The van der Waals surface area contributed by atoms with Crippen molar-refractivity contribution in [3.63, 3.8) is 0 Å². The lowest BCUT2D eigenvalue weighted by atomic mass is 10.2. The van der Waals surface area contributed by atoms with E-state index in [1.807, 2.05) is 0 Å². The number of nitrogens with two attached hydrogens (primary N) is 1. The molecule has 0 aliphatic heterocycles. The Bertz CT molecular complexity index is 421. The zero-order chi connectivity index (χ0) is 13.1. The maximum Gasteiger partial charge on any atom is 0.392 e. The van der Waals surface area contributed by atoms with Crippen LogP contribution in [0.15, 0.2) is 18.2 Å². The number of carbonyl (C=O) groups is 1. The van der Waals surface area contributed by atoms with Crippen molar-refractivity contribution in [1.82, 2.24) is 0 Å². The van der Waals surface area contributed by atoms with E-state index in [2.05, 4.69) is 4.74 Å². The summed E-state index contributed by atoms with van der Waals surface area (Å²) < 4.78 is 39.9. The Hall–Kier alpha value is -1.43. The van der Waals surface area contributed by atoms with Gasteiger partial charge in [0, 0.05) is 0 Å². The van der Waals surface area contributed by atoms with E-state index in [1.165, 1.54) is 18.2 Å². The van der Waals surface area contributed by atoms with Gasteiger partial charge in [0.2, 0.25) is 0 Å². The highest BCUT2D eigenvalue weighted by Crippen LogP contribution is 2.24. The molecule has 0 radical (unpaired) electrons. The first kappa shape index (κ1) is 13.6. The van der Waals surface area contributed by atoms with E-state index in [-0.39, 0.29) is 16.3 Å². The molecule has 1 aromatic rings. The minimum Gasteiger partial charge on any atom is -0.462 e. The van der Waals surface area contributed by atoms with Crippen LogP contribution in [0.2, 0.25) is 5.02 Å². The van der Waals surface area contributed by atoms with E-state index in [1.54, 1.807) is 0 Å². The summed E-state index contributed by atoms with van der Waals surface area (Å²) in [5.74, 6) is -0.922. The van der Waals surface area contributed by atoms with Crippen molar-refractivity contribution >= 4 is 23.3 Å². The number of ether oxygens (including phenoxy) is 1. The van der Waals surface area contributed by atoms with Gasteiger partial charge in [0.25, 0.3) is 0 Å². The summed E-state index contributed by atoms with van der Waals surface area (Å²) >= 11 is 5.65. The van der Waals surface area contributed by atoms with Crippen molar-refractivity contribution in [1.29, 1.82) is 0 Å². The minimum atomic E-state index is -4.36. The van der Waals surface area contributed by atoms with Crippen molar-refractivity contribution in [2.24, 2.45) is 0 Å². The Morgan fingerprint density at radius 1 is 1.41 bits per heavy atom. The molecule has 0 atom stereocenters. The number of anilines is 1. The molecule has 0 saturated heterocycles. The molecular formula is C10H9ClF3NO2. The van der Waals surface area contributed by atoms with Gasteiger partial charge in [-0.2, -0.15) is 13.2 Å². The third kappa shape index (κ3) is 4.14. The van der Waals surface area contributed by atoms with Crippen LogP contribution in [0.5, 0.6) is 0 Å². The van der Waals surface area contributed by atoms with Gasteiger partial charge in [0.1, 0.15) is 6.61 Å². The first-order valence-corrected chi connectivity index (χ1v) is 4.97. The number of carbonyl (C=O) groups excluding carboxylic acids is 1. The van der Waals surface area contributed by atoms with E-state index < -0.39 is 25.2 Å². The number of esters is 1. The standard InChI is InChI=1S/C10H9ClF3NO2/c11-7-3-1-2-6(8(7)15)9(16)17-5-4-10(12,13)14/h1-3H,4-5,15H2. The SMILES string of the molecule is Nc1c(Cl)cccc1C(=O)OCCC(F)(F)F. The summed E-state index contributed by atoms with van der Waals surface area (Å²) in [4.78, 5) is 11.4. The summed E-state index contributed by atoms with van der Waals surface area (Å²) in [7, 11) is 0. The highest BCUT2D eigenvalue weighted by molar-refractivity contribution is 6.33. The van der Waals surface area contributed by atoms with Crippen LogP contribution in [0, 0.1) is 0 Å². The Morgan fingerprint density at radius 2 is 2.06 bits per heavy atom. The van der Waals surface area contributed by atoms with Crippen LogP contribution < -0.4 is 5.73 Å². The molecule has 0 unspecified atom stereocenters. The van der Waals surface area contributed by atoms with Crippen LogP contribution in [0.25, 0.3) is 0 Å². The normalized spacial score (nSPS) is 11.3. The van der Waals surface area contributed by atoms with Crippen molar-refractivity contribution in [3.05, 3.63) is 28.8 Å². The van der Waals surface area contributed by atoms with Crippen LogP contribution in [0.3, 0.4) is 0 Å². The average Bonchev–Trinajstić information content (AvgIpc) is 2.20. The smallest absolute Gasteiger partial charge is 0.392 e. The van der Waals surface area contributed by atoms with E-state index >= 15 is 0 Å². The molecule has 94 valence electrons. The predicted octanol–water partition coefficient (Wildman–Crippen LogP) is 3.03. The zero-order valence-electron chi connectivity index (χ0n) is 8.55. The first-order chi connectivity index (χ1) is 7.81. The Balaban J connectivity index is 2.62. The fourth-order valence-electron chi connectivity index (χ4n) is 1.05. The maximum absolute atomic E-state index is 11.8. The molecule has 7 heteroatoms. The van der Waals surface area contributed by atoms with Crippen LogP contribution in [0.4, 0.5) is 18.9 Å². The average molecular weight is 268 g/mol. The van der Waals surface area contributed by atoms with Crippen molar-refractivity contribution < 1.29 is 22.7 Å². The molecule has 0 heterocycles. The number of rotatable bonds is 3. The molecule has 0 saturated carbocycles. The molecule has 1 aromatic carbocycles. The van der Waals surface area contributed by atoms with Gasteiger partial charge in [-0.05, 0) is 12.1 Å².